The summed E-state index contributed by atoms with van der Waals surface area (Å²) in [5.41, 5.74) is 3.22. The Morgan fingerprint density at radius 1 is 1.03 bits per heavy atom. The van der Waals surface area contributed by atoms with Crippen molar-refractivity contribution in [3.8, 4) is 0 Å². The minimum absolute atomic E-state index is 0.108. The molecule has 0 radical (unpaired) electrons. The Bertz CT molecular complexity index is 1140. The zero-order valence-corrected chi connectivity index (χ0v) is 21.9. The third-order valence-electron chi connectivity index (χ3n) is 9.32. The molecule has 0 spiro atoms. The molecule has 1 aromatic heterocycles. The maximum absolute atomic E-state index is 12.5. The van der Waals surface area contributed by atoms with Crippen molar-refractivity contribution < 1.29 is 19.2 Å². The summed E-state index contributed by atoms with van der Waals surface area (Å²) in [4.78, 5) is 27.7. The van der Waals surface area contributed by atoms with Gasteiger partial charge in [0, 0.05) is 23.5 Å². The number of aryl methyl sites for hydroxylation is 2. The van der Waals surface area contributed by atoms with Gasteiger partial charge in [0.25, 0.3) is 0 Å². The summed E-state index contributed by atoms with van der Waals surface area (Å²) in [6.45, 7) is 2.75. The minimum atomic E-state index is -0.797. The molecule has 4 fully saturated rings. The monoisotopic (exact) mass is 505 g/mol. The lowest BCUT2D eigenvalue weighted by atomic mass is 9.53. The number of hydrogen-bond acceptors (Lipinski definition) is 5. The van der Waals surface area contributed by atoms with Crippen LogP contribution in [-0.4, -0.2) is 33.7 Å². The number of carbonyl (C=O) groups excluding carboxylic acids is 1. The lowest BCUT2D eigenvalue weighted by molar-refractivity contribution is -0.132. The first-order chi connectivity index (χ1) is 17.9. The summed E-state index contributed by atoms with van der Waals surface area (Å²) < 4.78 is 5.50. The largest absolute Gasteiger partial charge is 0.478 e. The molecule has 0 unspecified atom stereocenters. The van der Waals surface area contributed by atoms with Gasteiger partial charge in [-0.2, -0.15) is 4.98 Å². The fourth-order valence-electron chi connectivity index (χ4n) is 6.75. The molecular formula is C30H39N3O4. The highest BCUT2D eigenvalue weighted by molar-refractivity contribution is 5.93. The molecule has 2 aromatic rings. The molecular weight excluding hydrogens is 466 g/mol. The van der Waals surface area contributed by atoms with Gasteiger partial charge in [0.1, 0.15) is 0 Å². The number of fused-ring (bicyclic) bond motifs is 4. The normalized spacial score (nSPS) is 26.9. The van der Waals surface area contributed by atoms with Gasteiger partial charge in [0.15, 0.2) is 5.82 Å². The Morgan fingerprint density at radius 3 is 2.38 bits per heavy atom. The number of amides is 1. The Hall–Kier alpha value is -2.96. The molecule has 1 aromatic carbocycles. The van der Waals surface area contributed by atoms with Gasteiger partial charge < -0.3 is 14.9 Å². The number of carbonyl (C=O) groups is 2. The molecule has 1 heterocycles. The Labute approximate surface area is 219 Å². The zero-order valence-electron chi connectivity index (χ0n) is 21.9. The predicted molar refractivity (Wildman–Crippen MR) is 141 cm³/mol. The van der Waals surface area contributed by atoms with E-state index in [0.717, 1.165) is 62.3 Å². The van der Waals surface area contributed by atoms with E-state index >= 15 is 0 Å². The van der Waals surface area contributed by atoms with Crippen molar-refractivity contribution in [2.24, 2.45) is 11.3 Å². The SMILES string of the molecule is Cc1noc(C23CCC(CNC(=O)C4CCCCC4)(CC2)CC3)n1.O=C(O)C1=Cc2ccccc2CC1. The highest BCUT2D eigenvalue weighted by atomic mass is 16.5. The van der Waals surface area contributed by atoms with Crippen LogP contribution in [0.25, 0.3) is 6.08 Å². The van der Waals surface area contributed by atoms with Gasteiger partial charge in [-0.25, -0.2) is 4.79 Å². The van der Waals surface area contributed by atoms with E-state index in [1.54, 1.807) is 6.08 Å². The van der Waals surface area contributed by atoms with Gasteiger partial charge in [-0.1, -0.05) is 48.7 Å². The van der Waals surface area contributed by atoms with Crippen LogP contribution in [0.1, 0.15) is 99.9 Å². The zero-order chi connectivity index (χ0) is 25.9. The summed E-state index contributed by atoms with van der Waals surface area (Å²) in [6.07, 6.45) is 16.0. The lowest BCUT2D eigenvalue weighted by Gasteiger charge is -2.52. The molecule has 7 nitrogen and oxygen atoms in total. The first-order valence-electron chi connectivity index (χ1n) is 14.0. The van der Waals surface area contributed by atoms with E-state index in [9.17, 15) is 9.59 Å². The summed E-state index contributed by atoms with van der Waals surface area (Å²) in [5, 5.41) is 16.1. The second kappa shape index (κ2) is 10.8. The van der Waals surface area contributed by atoms with Crippen LogP contribution < -0.4 is 5.32 Å². The molecule has 198 valence electrons. The molecule has 0 saturated heterocycles. The quantitative estimate of drug-likeness (QED) is 0.535. The van der Waals surface area contributed by atoms with Crippen LogP contribution in [0.2, 0.25) is 0 Å². The summed E-state index contributed by atoms with van der Waals surface area (Å²) in [5.74, 6) is 1.36. The van der Waals surface area contributed by atoms with Crippen LogP contribution in [0.3, 0.4) is 0 Å². The smallest absolute Gasteiger partial charge is 0.331 e. The first kappa shape index (κ1) is 25.7. The molecule has 2 bridgehead atoms. The Balaban J connectivity index is 0.000000182. The van der Waals surface area contributed by atoms with E-state index in [0.29, 0.717) is 23.3 Å². The number of nitrogens with zero attached hydrogens (tertiary/aromatic N) is 2. The standard InChI is InChI=1S/C19H29N3O2.C11H10O2/c1-14-21-17(24-22-14)19-10-7-18(8-11-19,9-12-19)13-20-16(23)15-5-3-2-4-6-15;12-11(13)10-6-5-8-3-1-2-4-9(8)7-10/h15H,2-13H2,1H3,(H,20,23);1-4,7H,5-6H2,(H,12,13). The molecule has 0 atom stereocenters. The van der Waals surface area contributed by atoms with Crippen LogP contribution in [-0.2, 0) is 21.4 Å². The molecule has 7 heteroatoms. The van der Waals surface area contributed by atoms with Gasteiger partial charge >= 0.3 is 5.97 Å². The number of nitrogens with one attached hydrogen (secondary N) is 1. The van der Waals surface area contributed by atoms with E-state index in [-0.39, 0.29) is 11.3 Å². The Morgan fingerprint density at radius 2 is 1.73 bits per heavy atom. The van der Waals surface area contributed by atoms with Gasteiger partial charge in [-0.3, -0.25) is 4.79 Å². The van der Waals surface area contributed by atoms with E-state index in [2.05, 4.69) is 15.5 Å². The minimum Gasteiger partial charge on any atom is -0.478 e. The van der Waals surface area contributed by atoms with Gasteiger partial charge in [-0.15, -0.1) is 0 Å². The van der Waals surface area contributed by atoms with Crippen molar-refractivity contribution in [1.29, 1.82) is 0 Å². The van der Waals surface area contributed by atoms with Crippen molar-refractivity contribution in [3.05, 3.63) is 52.7 Å². The second-order valence-electron chi connectivity index (χ2n) is 11.7. The highest BCUT2D eigenvalue weighted by Gasteiger charge is 2.52. The van der Waals surface area contributed by atoms with Crippen LogP contribution in [0.4, 0.5) is 0 Å². The molecule has 5 aliphatic carbocycles. The number of aromatic nitrogens is 2. The van der Waals surface area contributed by atoms with Gasteiger partial charge in [0.2, 0.25) is 11.8 Å². The van der Waals surface area contributed by atoms with E-state index in [1.807, 2.05) is 31.2 Å². The molecule has 5 aliphatic rings. The van der Waals surface area contributed by atoms with E-state index < -0.39 is 5.97 Å². The van der Waals surface area contributed by atoms with Crippen molar-refractivity contribution >= 4 is 18.0 Å². The highest BCUT2D eigenvalue weighted by Crippen LogP contribution is 2.57. The van der Waals surface area contributed by atoms with Crippen molar-refractivity contribution in [1.82, 2.24) is 15.5 Å². The predicted octanol–water partition coefficient (Wildman–Crippen LogP) is 5.77. The van der Waals surface area contributed by atoms with E-state index in [1.165, 1.54) is 44.1 Å². The fourth-order valence-corrected chi connectivity index (χ4v) is 6.75. The van der Waals surface area contributed by atoms with Crippen molar-refractivity contribution in [2.45, 2.75) is 95.8 Å². The van der Waals surface area contributed by atoms with Gasteiger partial charge in [-0.05, 0) is 93.7 Å². The average Bonchev–Trinajstić information content (AvgIpc) is 3.40. The third-order valence-corrected chi connectivity index (χ3v) is 9.32. The molecule has 2 N–H and O–H groups in total. The van der Waals surface area contributed by atoms with Crippen LogP contribution in [0.15, 0.2) is 34.4 Å². The Kier molecular flexibility index (Phi) is 7.50. The van der Waals surface area contributed by atoms with Crippen molar-refractivity contribution in [2.75, 3.05) is 6.54 Å². The topological polar surface area (TPSA) is 105 Å². The van der Waals surface area contributed by atoms with Crippen LogP contribution in [0, 0.1) is 18.3 Å². The third kappa shape index (κ3) is 5.65. The maximum Gasteiger partial charge on any atom is 0.331 e. The number of benzene rings is 1. The summed E-state index contributed by atoms with van der Waals surface area (Å²) in [7, 11) is 0. The number of rotatable bonds is 5. The first-order valence-corrected chi connectivity index (χ1v) is 14.0. The summed E-state index contributed by atoms with van der Waals surface area (Å²) in [6, 6.07) is 7.92. The number of aliphatic carboxylic acids is 1. The average molecular weight is 506 g/mol. The lowest BCUT2D eigenvalue weighted by Crippen LogP contribution is -2.50. The molecule has 1 amide bonds. The molecule has 0 aliphatic heterocycles. The molecule has 4 saturated carbocycles. The number of carboxylic acids is 1. The van der Waals surface area contributed by atoms with Crippen LogP contribution >= 0.6 is 0 Å². The van der Waals surface area contributed by atoms with Crippen molar-refractivity contribution in [3.63, 3.8) is 0 Å². The van der Waals surface area contributed by atoms with Crippen LogP contribution in [0.5, 0.6) is 0 Å². The second-order valence-corrected chi connectivity index (χ2v) is 11.7. The molecule has 37 heavy (non-hydrogen) atoms. The fraction of sp³-hybridized carbons (Fsp3) is 0.600. The number of carboxylic acid groups (broad SMARTS) is 1. The molecule has 7 rings (SSSR count). The maximum atomic E-state index is 12.5. The summed E-state index contributed by atoms with van der Waals surface area (Å²) >= 11 is 0. The number of hydrogen-bond donors (Lipinski definition) is 2. The van der Waals surface area contributed by atoms with E-state index in [4.69, 9.17) is 9.63 Å². The van der Waals surface area contributed by atoms with Gasteiger partial charge in [0.05, 0.1) is 0 Å².